The molecule has 0 aliphatic carbocycles. The fourth-order valence-electron chi connectivity index (χ4n) is 2.82. The summed E-state index contributed by atoms with van der Waals surface area (Å²) >= 11 is 0. The van der Waals surface area contributed by atoms with E-state index in [1.807, 2.05) is 36.9 Å². The standard InChI is InChI=1S/C16H18N2O2/c1-11-14(12(2)20-17-11)7-8-16(19)18-10-9-13-5-3-4-6-15(13)18/h3-6H,7-10H2,1-2H3. The van der Waals surface area contributed by atoms with Gasteiger partial charge in [-0.3, -0.25) is 4.79 Å². The van der Waals surface area contributed by atoms with Gasteiger partial charge < -0.3 is 9.42 Å². The summed E-state index contributed by atoms with van der Waals surface area (Å²) < 4.78 is 5.13. The molecule has 0 unspecified atom stereocenters. The van der Waals surface area contributed by atoms with Crippen molar-refractivity contribution in [3.05, 3.63) is 46.8 Å². The van der Waals surface area contributed by atoms with Gasteiger partial charge in [0.1, 0.15) is 5.76 Å². The summed E-state index contributed by atoms with van der Waals surface area (Å²) in [6, 6.07) is 8.13. The van der Waals surface area contributed by atoms with Crippen LogP contribution in [0.25, 0.3) is 0 Å². The van der Waals surface area contributed by atoms with E-state index in [1.54, 1.807) is 0 Å². The van der Waals surface area contributed by atoms with Gasteiger partial charge in [-0.2, -0.15) is 0 Å². The second-order valence-electron chi connectivity index (χ2n) is 5.23. The Labute approximate surface area is 118 Å². The number of carbonyl (C=O) groups is 1. The molecule has 0 saturated carbocycles. The normalized spacial score (nSPS) is 13.6. The van der Waals surface area contributed by atoms with Gasteiger partial charge in [0.15, 0.2) is 0 Å². The second kappa shape index (κ2) is 5.12. The zero-order valence-corrected chi connectivity index (χ0v) is 11.8. The van der Waals surface area contributed by atoms with Crippen molar-refractivity contribution in [1.29, 1.82) is 0 Å². The van der Waals surface area contributed by atoms with Crippen LogP contribution < -0.4 is 4.90 Å². The molecule has 1 aliphatic heterocycles. The molecule has 0 N–H and O–H groups in total. The SMILES string of the molecule is Cc1noc(C)c1CCC(=O)N1CCc2ccccc21. The van der Waals surface area contributed by atoms with Crippen LogP contribution in [-0.4, -0.2) is 17.6 Å². The molecule has 0 spiro atoms. The van der Waals surface area contributed by atoms with Crippen molar-refractivity contribution < 1.29 is 9.32 Å². The Bertz CT molecular complexity index is 626. The average Bonchev–Trinajstić information content (AvgIpc) is 3.01. The Balaban J connectivity index is 1.69. The van der Waals surface area contributed by atoms with E-state index < -0.39 is 0 Å². The third kappa shape index (κ3) is 2.22. The van der Waals surface area contributed by atoms with Gasteiger partial charge in [0.25, 0.3) is 0 Å². The van der Waals surface area contributed by atoms with Gasteiger partial charge in [0, 0.05) is 24.2 Å². The molecule has 2 heterocycles. The van der Waals surface area contributed by atoms with Crippen LogP contribution in [0.4, 0.5) is 5.69 Å². The van der Waals surface area contributed by atoms with Crippen LogP contribution in [0.3, 0.4) is 0 Å². The highest BCUT2D eigenvalue weighted by Crippen LogP contribution is 2.28. The maximum absolute atomic E-state index is 12.4. The van der Waals surface area contributed by atoms with E-state index in [1.165, 1.54) is 5.56 Å². The molecule has 1 aliphatic rings. The molecule has 0 saturated heterocycles. The first-order valence-corrected chi connectivity index (χ1v) is 6.97. The Morgan fingerprint density at radius 2 is 2.15 bits per heavy atom. The first kappa shape index (κ1) is 12.9. The van der Waals surface area contributed by atoms with Crippen LogP contribution >= 0.6 is 0 Å². The molecule has 0 fully saturated rings. The Hall–Kier alpha value is -2.10. The van der Waals surface area contributed by atoms with Gasteiger partial charge in [-0.05, 0) is 38.3 Å². The molecule has 0 bridgehead atoms. The molecule has 2 aromatic rings. The summed E-state index contributed by atoms with van der Waals surface area (Å²) in [6.45, 7) is 4.60. The third-order valence-electron chi connectivity index (χ3n) is 3.96. The number of para-hydroxylation sites is 1. The number of amides is 1. The third-order valence-corrected chi connectivity index (χ3v) is 3.96. The molecule has 4 heteroatoms. The molecule has 1 aromatic heterocycles. The Kier molecular flexibility index (Phi) is 3.30. The van der Waals surface area contributed by atoms with E-state index in [0.717, 1.165) is 35.7 Å². The maximum Gasteiger partial charge on any atom is 0.227 e. The van der Waals surface area contributed by atoms with Crippen molar-refractivity contribution in [3.8, 4) is 0 Å². The monoisotopic (exact) mass is 270 g/mol. The lowest BCUT2D eigenvalue weighted by atomic mass is 10.1. The highest BCUT2D eigenvalue weighted by molar-refractivity contribution is 5.95. The fraction of sp³-hybridized carbons (Fsp3) is 0.375. The number of aromatic nitrogens is 1. The highest BCUT2D eigenvalue weighted by Gasteiger charge is 2.24. The van der Waals surface area contributed by atoms with Crippen molar-refractivity contribution in [2.75, 3.05) is 11.4 Å². The van der Waals surface area contributed by atoms with E-state index in [9.17, 15) is 4.79 Å². The lowest BCUT2D eigenvalue weighted by Crippen LogP contribution is -2.29. The van der Waals surface area contributed by atoms with Crippen molar-refractivity contribution in [2.45, 2.75) is 33.1 Å². The number of carbonyl (C=O) groups excluding carboxylic acids is 1. The predicted molar refractivity (Wildman–Crippen MR) is 76.8 cm³/mol. The zero-order valence-electron chi connectivity index (χ0n) is 11.8. The summed E-state index contributed by atoms with van der Waals surface area (Å²) in [7, 11) is 0. The minimum Gasteiger partial charge on any atom is -0.361 e. The van der Waals surface area contributed by atoms with Crippen LogP contribution in [0, 0.1) is 13.8 Å². The van der Waals surface area contributed by atoms with Gasteiger partial charge in [-0.15, -0.1) is 0 Å². The molecule has 104 valence electrons. The quantitative estimate of drug-likeness (QED) is 0.861. The van der Waals surface area contributed by atoms with Crippen LogP contribution in [0.1, 0.15) is 29.0 Å². The largest absolute Gasteiger partial charge is 0.361 e. The van der Waals surface area contributed by atoms with Gasteiger partial charge >= 0.3 is 0 Å². The average molecular weight is 270 g/mol. The van der Waals surface area contributed by atoms with Gasteiger partial charge in [-0.1, -0.05) is 23.4 Å². The number of rotatable bonds is 3. The Morgan fingerprint density at radius 1 is 1.35 bits per heavy atom. The predicted octanol–water partition coefficient (Wildman–Crippen LogP) is 2.81. The molecule has 0 atom stereocenters. The molecule has 1 aromatic carbocycles. The Morgan fingerprint density at radius 3 is 2.90 bits per heavy atom. The van der Waals surface area contributed by atoms with Gasteiger partial charge in [-0.25, -0.2) is 0 Å². The summed E-state index contributed by atoms with van der Waals surface area (Å²) in [5.41, 5.74) is 4.28. The molecular formula is C16H18N2O2. The summed E-state index contributed by atoms with van der Waals surface area (Å²) in [4.78, 5) is 14.3. The van der Waals surface area contributed by atoms with Gasteiger partial charge in [0.05, 0.1) is 5.69 Å². The topological polar surface area (TPSA) is 46.3 Å². The van der Waals surface area contributed by atoms with Crippen LogP contribution in [0.15, 0.2) is 28.8 Å². The molecule has 3 rings (SSSR count). The number of hydrogen-bond acceptors (Lipinski definition) is 3. The van der Waals surface area contributed by atoms with Gasteiger partial charge in [0.2, 0.25) is 5.91 Å². The smallest absolute Gasteiger partial charge is 0.227 e. The number of nitrogens with zero attached hydrogens (tertiary/aromatic N) is 2. The number of anilines is 1. The fourth-order valence-corrected chi connectivity index (χ4v) is 2.82. The minimum absolute atomic E-state index is 0.176. The molecule has 0 radical (unpaired) electrons. The highest BCUT2D eigenvalue weighted by atomic mass is 16.5. The van der Waals surface area contributed by atoms with E-state index >= 15 is 0 Å². The van der Waals surface area contributed by atoms with Crippen molar-refractivity contribution in [1.82, 2.24) is 5.16 Å². The van der Waals surface area contributed by atoms with E-state index in [0.29, 0.717) is 12.8 Å². The number of fused-ring (bicyclic) bond motifs is 1. The maximum atomic E-state index is 12.4. The first-order valence-electron chi connectivity index (χ1n) is 6.97. The van der Waals surface area contributed by atoms with Crippen molar-refractivity contribution in [3.63, 3.8) is 0 Å². The number of benzene rings is 1. The minimum atomic E-state index is 0.176. The molecule has 4 nitrogen and oxygen atoms in total. The summed E-state index contributed by atoms with van der Waals surface area (Å²) in [6.07, 6.45) is 2.14. The van der Waals surface area contributed by atoms with Crippen LogP contribution in [0.5, 0.6) is 0 Å². The summed E-state index contributed by atoms with van der Waals surface area (Å²) in [5, 5.41) is 3.93. The number of aryl methyl sites for hydroxylation is 2. The van der Waals surface area contributed by atoms with Crippen LogP contribution in [0.2, 0.25) is 0 Å². The first-order chi connectivity index (χ1) is 9.66. The summed E-state index contributed by atoms with van der Waals surface area (Å²) in [5.74, 6) is 0.993. The van der Waals surface area contributed by atoms with E-state index in [-0.39, 0.29) is 5.91 Å². The molecule has 1 amide bonds. The molecular weight excluding hydrogens is 252 g/mol. The van der Waals surface area contributed by atoms with Crippen molar-refractivity contribution in [2.24, 2.45) is 0 Å². The lowest BCUT2D eigenvalue weighted by Gasteiger charge is -2.17. The second-order valence-corrected chi connectivity index (χ2v) is 5.23. The number of hydrogen-bond donors (Lipinski definition) is 0. The van der Waals surface area contributed by atoms with Crippen LogP contribution in [-0.2, 0) is 17.6 Å². The lowest BCUT2D eigenvalue weighted by molar-refractivity contribution is -0.118. The van der Waals surface area contributed by atoms with Crippen molar-refractivity contribution >= 4 is 11.6 Å². The zero-order chi connectivity index (χ0) is 14.1. The van der Waals surface area contributed by atoms with E-state index in [2.05, 4.69) is 11.2 Å². The molecule has 20 heavy (non-hydrogen) atoms. The van der Waals surface area contributed by atoms with E-state index in [4.69, 9.17) is 4.52 Å².